The summed E-state index contributed by atoms with van der Waals surface area (Å²) < 4.78 is 37.7. The van der Waals surface area contributed by atoms with Gasteiger partial charge >= 0.3 is 12.5 Å². The molecule has 10 heteroatoms. The van der Waals surface area contributed by atoms with E-state index < -0.39 is 31.2 Å². The van der Waals surface area contributed by atoms with Crippen molar-refractivity contribution in [2.75, 3.05) is 13.7 Å². The van der Waals surface area contributed by atoms with Crippen LogP contribution in [0.25, 0.3) is 11.1 Å². The number of halogens is 3. The fraction of sp³-hybridized carbons (Fsp3) is 0.316. The van der Waals surface area contributed by atoms with Crippen molar-refractivity contribution in [3.63, 3.8) is 0 Å². The highest BCUT2D eigenvalue weighted by Gasteiger charge is 2.26. The Morgan fingerprint density at radius 2 is 1.76 bits per heavy atom. The fourth-order valence-corrected chi connectivity index (χ4v) is 2.51. The smallest absolute Gasteiger partial charge is 0.315 e. The van der Waals surface area contributed by atoms with Gasteiger partial charge in [-0.2, -0.15) is 8.78 Å². The number of hydrogen-bond acceptors (Lipinski definition) is 4. The first kappa shape index (κ1) is 22.2. The third-order valence-electron chi connectivity index (χ3n) is 4.14. The van der Waals surface area contributed by atoms with E-state index in [1.54, 1.807) is 35.8 Å². The summed E-state index contributed by atoms with van der Waals surface area (Å²) in [4.78, 5) is 26.5. The summed E-state index contributed by atoms with van der Waals surface area (Å²) >= 11 is 0. The highest BCUT2D eigenvalue weighted by molar-refractivity contribution is 5.79. The third-order valence-corrected chi connectivity index (χ3v) is 4.14. The number of carbonyl (C=O) groups is 2. The van der Waals surface area contributed by atoms with Crippen molar-refractivity contribution in [2.45, 2.75) is 25.1 Å². The van der Waals surface area contributed by atoms with Gasteiger partial charge < -0.3 is 21.1 Å². The van der Waals surface area contributed by atoms with Crippen molar-refractivity contribution >= 4 is 11.9 Å². The van der Waals surface area contributed by atoms with Gasteiger partial charge in [0.1, 0.15) is 12.8 Å². The van der Waals surface area contributed by atoms with Gasteiger partial charge in [-0.1, -0.05) is 30.3 Å². The van der Waals surface area contributed by atoms with Crippen molar-refractivity contribution in [1.29, 1.82) is 0 Å². The minimum atomic E-state index is -3.29. The number of alkyl halides is 3. The van der Waals surface area contributed by atoms with Crippen LogP contribution in [0.2, 0.25) is 0 Å². The van der Waals surface area contributed by atoms with Crippen molar-refractivity contribution in [3.8, 4) is 11.1 Å². The van der Waals surface area contributed by atoms with Gasteiger partial charge in [-0.15, -0.1) is 0 Å². The summed E-state index contributed by atoms with van der Waals surface area (Å²) in [6, 6.07) is 8.08. The van der Waals surface area contributed by atoms with E-state index in [2.05, 4.69) is 15.6 Å². The van der Waals surface area contributed by atoms with Gasteiger partial charge in [0.15, 0.2) is 0 Å². The Hall–Kier alpha value is -3.14. The predicted octanol–water partition coefficient (Wildman–Crippen LogP) is 1.93. The SMILES string of the molecule is CNC(=O)NCc1ccc(-c2ccc(C(O)C(CF)NC(=O)C(F)F)cc2)cn1. The fourth-order valence-electron chi connectivity index (χ4n) is 2.51. The van der Waals surface area contributed by atoms with Crippen molar-refractivity contribution < 1.29 is 27.9 Å². The molecule has 1 aromatic heterocycles. The zero-order chi connectivity index (χ0) is 21.4. The number of benzene rings is 1. The molecule has 0 spiro atoms. The highest BCUT2D eigenvalue weighted by Crippen LogP contribution is 2.23. The largest absolute Gasteiger partial charge is 0.386 e. The molecule has 1 heterocycles. The monoisotopic (exact) mass is 410 g/mol. The maximum Gasteiger partial charge on any atom is 0.315 e. The van der Waals surface area contributed by atoms with E-state index in [9.17, 15) is 27.9 Å². The molecule has 2 unspecified atom stereocenters. The second kappa shape index (κ2) is 10.4. The molecule has 7 nitrogen and oxygen atoms in total. The second-order valence-electron chi connectivity index (χ2n) is 6.11. The number of aromatic nitrogens is 1. The van der Waals surface area contributed by atoms with E-state index in [1.165, 1.54) is 19.2 Å². The van der Waals surface area contributed by atoms with E-state index in [-0.39, 0.29) is 18.1 Å². The molecule has 29 heavy (non-hydrogen) atoms. The lowest BCUT2D eigenvalue weighted by Crippen LogP contribution is -2.43. The average molecular weight is 410 g/mol. The standard InChI is InChI=1S/C19H21F3N4O3/c1-23-19(29)25-10-14-7-6-13(9-24-14)11-2-4-12(5-3-11)16(27)15(8-20)26-18(28)17(21)22/h2-7,9,15-17,27H,8,10H2,1H3,(H,26,28)(H2,23,25,29). The van der Waals surface area contributed by atoms with Crippen LogP contribution in [0.1, 0.15) is 17.4 Å². The maximum atomic E-state index is 13.1. The number of rotatable bonds is 8. The third kappa shape index (κ3) is 6.18. The second-order valence-corrected chi connectivity index (χ2v) is 6.11. The number of urea groups is 1. The molecule has 2 aromatic rings. The Kier molecular flexibility index (Phi) is 7.96. The lowest BCUT2D eigenvalue weighted by atomic mass is 9.99. The normalized spacial score (nSPS) is 12.9. The summed E-state index contributed by atoms with van der Waals surface area (Å²) in [6.45, 7) is -0.934. The van der Waals surface area contributed by atoms with Gasteiger partial charge in [0.2, 0.25) is 0 Å². The quantitative estimate of drug-likeness (QED) is 0.534. The van der Waals surface area contributed by atoms with Crippen LogP contribution in [0, 0.1) is 0 Å². The van der Waals surface area contributed by atoms with Crippen molar-refractivity contribution in [1.82, 2.24) is 20.9 Å². The molecule has 2 atom stereocenters. The lowest BCUT2D eigenvalue weighted by Gasteiger charge is -2.22. The molecule has 0 aliphatic rings. The van der Waals surface area contributed by atoms with E-state index >= 15 is 0 Å². The van der Waals surface area contributed by atoms with Crippen LogP contribution in [-0.4, -0.2) is 48.2 Å². The lowest BCUT2D eigenvalue weighted by molar-refractivity contribution is -0.133. The average Bonchev–Trinajstić information content (AvgIpc) is 2.75. The number of nitrogens with zero attached hydrogens (tertiary/aromatic N) is 1. The molecule has 1 aromatic carbocycles. The maximum absolute atomic E-state index is 13.1. The van der Waals surface area contributed by atoms with Gasteiger partial charge in [0.05, 0.1) is 18.3 Å². The number of aliphatic hydroxyl groups excluding tert-OH is 1. The molecular weight excluding hydrogens is 389 g/mol. The topological polar surface area (TPSA) is 103 Å². The number of carbonyl (C=O) groups excluding carboxylic acids is 2. The van der Waals surface area contributed by atoms with Gasteiger partial charge in [-0.25, -0.2) is 9.18 Å². The first-order chi connectivity index (χ1) is 13.8. The summed E-state index contributed by atoms with van der Waals surface area (Å²) in [6.07, 6.45) is -3.16. The zero-order valence-electron chi connectivity index (χ0n) is 15.5. The minimum Gasteiger partial charge on any atom is -0.386 e. The van der Waals surface area contributed by atoms with Crippen LogP contribution < -0.4 is 16.0 Å². The van der Waals surface area contributed by atoms with Crippen LogP contribution in [0.5, 0.6) is 0 Å². The summed E-state index contributed by atoms with van der Waals surface area (Å²) in [5.41, 5.74) is 2.45. The van der Waals surface area contributed by atoms with Gasteiger partial charge in [0.25, 0.3) is 5.91 Å². The molecule has 0 saturated carbocycles. The Bertz CT molecular complexity index is 816. The van der Waals surface area contributed by atoms with E-state index in [0.29, 0.717) is 5.69 Å². The minimum absolute atomic E-state index is 0.264. The van der Waals surface area contributed by atoms with Crippen LogP contribution in [0.4, 0.5) is 18.0 Å². The zero-order valence-corrected chi connectivity index (χ0v) is 15.5. The van der Waals surface area contributed by atoms with Crippen LogP contribution in [-0.2, 0) is 11.3 Å². The van der Waals surface area contributed by atoms with E-state index in [0.717, 1.165) is 11.1 Å². The number of nitrogens with one attached hydrogen (secondary N) is 3. The Labute approximate surface area is 165 Å². The van der Waals surface area contributed by atoms with Crippen LogP contribution in [0.3, 0.4) is 0 Å². The van der Waals surface area contributed by atoms with Crippen LogP contribution in [0.15, 0.2) is 42.6 Å². The molecule has 0 aliphatic carbocycles. The van der Waals surface area contributed by atoms with Crippen LogP contribution >= 0.6 is 0 Å². The van der Waals surface area contributed by atoms with Crippen molar-refractivity contribution in [3.05, 3.63) is 53.9 Å². The number of hydrogen-bond donors (Lipinski definition) is 4. The Morgan fingerprint density at radius 3 is 2.28 bits per heavy atom. The van der Waals surface area contributed by atoms with E-state index in [1.807, 2.05) is 0 Å². The highest BCUT2D eigenvalue weighted by atomic mass is 19.3. The first-order valence-corrected chi connectivity index (χ1v) is 8.69. The Morgan fingerprint density at radius 1 is 1.10 bits per heavy atom. The molecule has 0 aliphatic heterocycles. The number of aliphatic hydroxyl groups is 1. The molecule has 0 saturated heterocycles. The summed E-state index contributed by atoms with van der Waals surface area (Å²) in [7, 11) is 1.51. The van der Waals surface area contributed by atoms with Gasteiger partial charge in [-0.05, 0) is 17.2 Å². The molecule has 156 valence electrons. The Balaban J connectivity index is 2.05. The van der Waals surface area contributed by atoms with Crippen molar-refractivity contribution in [2.24, 2.45) is 0 Å². The molecule has 0 fully saturated rings. The summed E-state index contributed by atoms with van der Waals surface area (Å²) in [5, 5.41) is 17.0. The molecular formula is C19H21F3N4O3. The molecule has 2 rings (SSSR count). The molecule has 3 amide bonds. The molecule has 4 N–H and O–H groups in total. The molecule has 0 bridgehead atoms. The van der Waals surface area contributed by atoms with E-state index in [4.69, 9.17) is 0 Å². The number of pyridine rings is 1. The predicted molar refractivity (Wildman–Crippen MR) is 99.8 cm³/mol. The van der Waals surface area contributed by atoms with Gasteiger partial charge in [0, 0.05) is 18.8 Å². The molecule has 0 radical (unpaired) electrons. The van der Waals surface area contributed by atoms with Gasteiger partial charge in [-0.3, -0.25) is 9.78 Å². The number of amides is 3. The summed E-state index contributed by atoms with van der Waals surface area (Å²) in [5.74, 6) is -1.64. The first-order valence-electron chi connectivity index (χ1n) is 8.69.